The third-order valence-electron chi connectivity index (χ3n) is 25.8. The van der Waals surface area contributed by atoms with Gasteiger partial charge in [0.2, 0.25) is 0 Å². The third-order valence-corrected chi connectivity index (χ3v) is 31.6. The van der Waals surface area contributed by atoms with Crippen molar-refractivity contribution in [2.45, 2.75) is 628 Å². The smallest absolute Gasteiger partial charge is 2.00 e. The van der Waals surface area contributed by atoms with Crippen molar-refractivity contribution in [2.75, 3.05) is 0 Å². The van der Waals surface area contributed by atoms with E-state index in [2.05, 4.69) is 256 Å². The first-order valence-corrected chi connectivity index (χ1v) is 63.1. The SMILES string of the molecule is CC(C)CCCCCC(S)(CCCCCC(C)C)C(=O)[O-].CC(C)CCCCCC(S)(CCCCCC(C)C)C(=O)[O-].CC(C)CCCCCC(S)(CCCCCC(C)C)C(=O)[O-].CC(C)CCCCCC(S)(CCCCCC(C)C)C(=O)[O-].CC(C)CCCCCC(S)(CCCCCC(C)C)C(=O)[O-].CC(C)CCCCCC(S)(CCCCCC(C)C)C(=O)[O-].CCC[CH2][Sn+2].CCC[CH2][Sn+2].[S-2].[S-2].[S-2]. The van der Waals surface area contributed by atoms with Gasteiger partial charge in [-0.1, -0.05) is 474 Å². The molecular weight excluding hydrogens is 2110 g/mol. The zero-order valence-electron chi connectivity index (χ0n) is 95.4. The maximum atomic E-state index is 11.4. The Morgan fingerprint density at radius 2 is 0.252 bits per heavy atom. The number of aliphatic carboxylic acids is 6. The number of carbonyl (C=O) groups is 6. The van der Waals surface area contributed by atoms with E-state index in [1.807, 2.05) is 0 Å². The van der Waals surface area contributed by atoms with Gasteiger partial charge in [0.15, 0.2) is 0 Å². The first-order chi connectivity index (χ1) is 63.5. The topological polar surface area (TPSA) is 241 Å². The Balaban J connectivity index is -0.000000153. The number of thiol groups is 6. The minimum atomic E-state index is -0.987. The van der Waals surface area contributed by atoms with E-state index in [0.29, 0.717) is 77.0 Å². The summed E-state index contributed by atoms with van der Waals surface area (Å²) in [6.07, 6.45) is 66.6. The van der Waals surface area contributed by atoms with Crippen LogP contribution in [0.1, 0.15) is 591 Å². The van der Waals surface area contributed by atoms with Gasteiger partial charge < -0.3 is 99.9 Å². The zero-order valence-corrected chi connectivity index (χ0v) is 109. The van der Waals surface area contributed by atoms with Gasteiger partial charge in [0, 0.05) is 0 Å². The second-order valence-corrected chi connectivity index (χ2v) is 54.0. The molecule has 139 heavy (non-hydrogen) atoms. The normalized spacial score (nSPS) is 11.8. The van der Waals surface area contributed by atoms with E-state index in [1.165, 1.54) is 189 Å². The molecule has 834 valence electrons. The van der Waals surface area contributed by atoms with Crippen LogP contribution in [0.25, 0.3) is 0 Å². The molecule has 0 rings (SSSR count). The molecule has 0 spiro atoms. The van der Waals surface area contributed by atoms with Gasteiger partial charge >= 0.3 is 93.5 Å². The summed E-state index contributed by atoms with van der Waals surface area (Å²) in [5.41, 5.74) is 0. The molecular formula is C116H228O12S9Sn2-8. The van der Waals surface area contributed by atoms with Gasteiger partial charge in [-0.3, -0.25) is 0 Å². The summed E-state index contributed by atoms with van der Waals surface area (Å²) in [7, 11) is 0. The molecule has 0 saturated heterocycles. The summed E-state index contributed by atoms with van der Waals surface area (Å²) in [5, 5.41) is 68.3. The van der Waals surface area contributed by atoms with E-state index < -0.39 is 64.3 Å². The Morgan fingerprint density at radius 1 is 0.173 bits per heavy atom. The van der Waals surface area contributed by atoms with E-state index in [-0.39, 0.29) is 40.5 Å². The van der Waals surface area contributed by atoms with Crippen LogP contribution in [0, 0.1) is 71.0 Å². The van der Waals surface area contributed by atoms with Crippen LogP contribution < -0.4 is 30.6 Å². The maximum absolute atomic E-state index is 11.4. The van der Waals surface area contributed by atoms with Gasteiger partial charge in [0.1, 0.15) is 0 Å². The van der Waals surface area contributed by atoms with Gasteiger partial charge in [-0.15, -0.1) is 0 Å². The second-order valence-electron chi connectivity index (χ2n) is 46.0. The van der Waals surface area contributed by atoms with Crippen molar-refractivity contribution in [3.05, 3.63) is 0 Å². The molecule has 0 heterocycles. The molecule has 0 aliphatic carbocycles. The first-order valence-electron chi connectivity index (χ1n) is 56.4. The molecule has 0 amide bonds. The van der Waals surface area contributed by atoms with Crippen LogP contribution in [-0.2, 0) is 69.3 Å². The molecule has 12 nitrogen and oxygen atoms in total. The van der Waals surface area contributed by atoms with Crippen molar-refractivity contribution < 1.29 is 59.4 Å². The summed E-state index contributed by atoms with van der Waals surface area (Å²) in [5.74, 6) is 2.83. The molecule has 0 bridgehead atoms. The van der Waals surface area contributed by atoms with E-state index >= 15 is 0 Å². The molecule has 0 fully saturated rings. The van der Waals surface area contributed by atoms with E-state index in [9.17, 15) is 59.4 Å². The van der Waals surface area contributed by atoms with Crippen LogP contribution >= 0.6 is 75.8 Å². The average Bonchev–Trinajstić information content (AvgIpc) is 0.903. The first kappa shape index (κ1) is 163. The van der Waals surface area contributed by atoms with Crippen molar-refractivity contribution in [2.24, 2.45) is 71.0 Å². The number of hydrogen-bond acceptors (Lipinski definition) is 18. The Labute approximate surface area is 946 Å². The quantitative estimate of drug-likeness (QED) is 0.0189. The number of carboxylic acid groups (broad SMARTS) is 6. The number of hydrogen-bond donors (Lipinski definition) is 6. The van der Waals surface area contributed by atoms with Crippen LogP contribution in [0.2, 0.25) is 8.87 Å². The van der Waals surface area contributed by atoms with Crippen molar-refractivity contribution in [1.82, 2.24) is 0 Å². The van der Waals surface area contributed by atoms with Crippen LogP contribution in [0.4, 0.5) is 0 Å². The second kappa shape index (κ2) is 108. The van der Waals surface area contributed by atoms with Crippen molar-refractivity contribution in [1.29, 1.82) is 0 Å². The maximum Gasteiger partial charge on any atom is -2.00 e. The molecule has 2 radical (unpaired) electrons. The fourth-order valence-electron chi connectivity index (χ4n) is 16.1. The third kappa shape index (κ3) is 118. The largest absolute Gasteiger partial charge is 2.00 e. The molecule has 0 atom stereocenters. The standard InChI is InChI=1S/6C18H36O2S.2C4H9.3S.2Sn/c6*1-15(2)11-7-5-9-13-18(21,17(19)20)14-10-6-8-12-16(3)4;2*1-3-4-2;;;;;/h6*15-16,21H,5-14H2,1-4H3,(H,19,20);2*1,3-4H2,2H3;;;;;/q;;;;;;;;3*-2;2*+2/p-6. The van der Waals surface area contributed by atoms with Gasteiger partial charge in [0.05, 0.1) is 64.3 Å². The van der Waals surface area contributed by atoms with Gasteiger partial charge in [-0.25, -0.2) is 0 Å². The zero-order chi connectivity index (χ0) is 106. The van der Waals surface area contributed by atoms with E-state index in [4.69, 9.17) is 0 Å². The van der Waals surface area contributed by atoms with Gasteiger partial charge in [-0.05, 0) is 148 Å². The number of unbranched alkanes of at least 4 members (excludes halogenated alkanes) is 26. The van der Waals surface area contributed by atoms with E-state index in [1.54, 1.807) is 45.0 Å². The number of carbonyl (C=O) groups excluding carboxylic acids is 6. The van der Waals surface area contributed by atoms with Gasteiger partial charge in [0.25, 0.3) is 0 Å². The predicted octanol–water partition coefficient (Wildman–Crippen LogP) is 30.4. The fraction of sp³-hybridized carbons (Fsp3) is 0.948. The Morgan fingerprint density at radius 3 is 0.295 bits per heavy atom. The molecule has 0 aliphatic rings. The van der Waals surface area contributed by atoms with Crippen LogP contribution in [0.3, 0.4) is 0 Å². The molecule has 23 heteroatoms. The molecule has 0 N–H and O–H groups in total. The molecule has 0 aliphatic heterocycles. The molecule has 0 unspecified atom stereocenters. The number of carboxylic acids is 6. The predicted molar refractivity (Wildman–Crippen MR) is 628 cm³/mol. The van der Waals surface area contributed by atoms with Crippen LogP contribution in [-0.4, -0.2) is 109 Å². The van der Waals surface area contributed by atoms with Gasteiger partial charge in [-0.2, -0.15) is 75.8 Å². The minimum absolute atomic E-state index is 0. The fourth-order valence-corrected chi connectivity index (χ4v) is 20.0. The Kier molecular flexibility index (Phi) is 127. The van der Waals surface area contributed by atoms with Crippen LogP contribution in [0.5, 0.6) is 0 Å². The van der Waals surface area contributed by atoms with Crippen molar-refractivity contribution in [3.63, 3.8) is 0 Å². The number of rotatable bonds is 82. The molecule has 0 aromatic heterocycles. The Hall–Kier alpha value is 1.57. The summed E-state index contributed by atoms with van der Waals surface area (Å²) in [4.78, 5) is 68.3. The van der Waals surface area contributed by atoms with Crippen molar-refractivity contribution in [3.8, 4) is 0 Å². The summed E-state index contributed by atoms with van der Waals surface area (Å²) < 4.78 is -2.66. The van der Waals surface area contributed by atoms with E-state index in [0.717, 1.165) is 225 Å². The molecule has 0 aromatic carbocycles. The monoisotopic (exact) mass is 2340 g/mol. The molecule has 0 aromatic rings. The average molecular weight is 2340 g/mol. The van der Waals surface area contributed by atoms with Crippen LogP contribution in [0.15, 0.2) is 0 Å². The minimum Gasteiger partial charge on any atom is -2.00 e. The summed E-state index contributed by atoms with van der Waals surface area (Å²) >= 11 is 30.0. The summed E-state index contributed by atoms with van der Waals surface area (Å²) in [6.45, 7) is 57.8. The molecule has 0 saturated carbocycles. The summed E-state index contributed by atoms with van der Waals surface area (Å²) in [6, 6.07) is 0. The van der Waals surface area contributed by atoms with Crippen molar-refractivity contribution >= 4 is 197 Å². The Bertz CT molecular complexity index is 2100.